The van der Waals surface area contributed by atoms with E-state index in [-0.39, 0.29) is 184 Å². The summed E-state index contributed by atoms with van der Waals surface area (Å²) in [7, 11) is 0. The van der Waals surface area contributed by atoms with Crippen LogP contribution >= 0.6 is 0 Å². The van der Waals surface area contributed by atoms with Crippen molar-refractivity contribution >= 4 is 102 Å². The summed E-state index contributed by atoms with van der Waals surface area (Å²) >= 11 is 0. The molecule has 4 aliphatic rings. The first-order valence-electron chi connectivity index (χ1n) is 43.9. The Hall–Kier alpha value is -12.6. The molecule has 13 rings (SSSR count). The number of unbranched alkanes of at least 4 members (excludes halogenated alkanes) is 2. The maximum absolute atomic E-state index is 16.7. The van der Waals surface area contributed by atoms with Crippen LogP contribution in [0.4, 0.5) is 0 Å². The van der Waals surface area contributed by atoms with Gasteiger partial charge in [-0.05, 0) is 178 Å². The summed E-state index contributed by atoms with van der Waals surface area (Å²) in [6.07, 6.45) is 17.8. The molecule has 0 aromatic heterocycles. The second kappa shape index (κ2) is 43.4. The first kappa shape index (κ1) is 91.1. The fourth-order valence-electron chi connectivity index (χ4n) is 17.0. The number of carbonyl (C=O) groups is 10. The summed E-state index contributed by atoms with van der Waals surface area (Å²) in [5.74, 6) is -6.20. The van der Waals surface area contributed by atoms with Crippen molar-refractivity contribution in [3.63, 3.8) is 0 Å². The van der Waals surface area contributed by atoms with Gasteiger partial charge in [-0.15, -0.1) is 0 Å². The van der Waals surface area contributed by atoms with Crippen molar-refractivity contribution in [2.75, 3.05) is 66.1 Å². The highest BCUT2D eigenvalue weighted by atomic mass is 16.6. The Morgan fingerprint density at radius 1 is 0.349 bits per heavy atom. The standard InChI is InChI=1S/C101H110N4O21/c1-9-62(7)94(96(110)102-68-25-19-15-20-26-68)104-98(112)74-58-78(123-70-37-29-64(30-38-70)24-18-17-23-48-119-82(106)11-3)88-89-79(124-71-39-31-65(32-40-71)45-49-116-52-55-120-83(107)12-4)59-76-87-77(101(115)105(100(76)114)95(63(8)10-2)97(111)103-69-27-21-16-22-28-69)61-81(126-73-43-35-67(36-44-73)47-51-118-54-57-122-85(109)14-6)91(93(87)89)90-80(60-75(99(104)113)86(74)92(88)90)125-72-41-33-66(34-42-72)46-50-117-53-56-121-84(108)13-5/h11-14,29-44,58-63,68-69,94-95H,3-6,9-10,15-28,45-57H2,1-2,7-8H3,(H,102,110)(H,103,111). The first-order valence-corrected chi connectivity index (χ1v) is 43.9. The van der Waals surface area contributed by atoms with Gasteiger partial charge in [0.1, 0.15) is 77.9 Å². The second-order valence-corrected chi connectivity index (χ2v) is 32.4. The summed E-state index contributed by atoms with van der Waals surface area (Å²) in [6.45, 7) is 22.9. The van der Waals surface area contributed by atoms with E-state index in [0.29, 0.717) is 50.7 Å². The van der Waals surface area contributed by atoms with Crippen LogP contribution < -0.4 is 29.6 Å². The summed E-state index contributed by atoms with van der Waals surface area (Å²) in [4.78, 5) is 147. The predicted octanol–water partition coefficient (Wildman–Crippen LogP) is 18.1. The fraction of sp³-hybridized carbons (Fsp3) is 0.386. The Balaban J connectivity index is 1.09. The average molecular weight is 1720 g/mol. The van der Waals surface area contributed by atoms with Gasteiger partial charge < -0.3 is 62.7 Å². The quantitative estimate of drug-likeness (QED) is 0.00681. The normalized spacial score (nSPS) is 15.0. The lowest BCUT2D eigenvalue weighted by molar-refractivity contribution is -0.140. The van der Waals surface area contributed by atoms with Gasteiger partial charge in [0.05, 0.1) is 68.5 Å². The van der Waals surface area contributed by atoms with E-state index in [4.69, 9.17) is 52.1 Å². The lowest BCUT2D eigenvalue weighted by Crippen LogP contribution is -2.57. The monoisotopic (exact) mass is 1710 g/mol. The van der Waals surface area contributed by atoms with Crippen LogP contribution in [0, 0.1) is 11.8 Å². The molecule has 9 aromatic carbocycles. The minimum atomic E-state index is -1.32. The molecule has 4 atom stereocenters. The molecule has 2 fully saturated rings. The zero-order valence-corrected chi connectivity index (χ0v) is 72.1. The molecule has 660 valence electrons. The zero-order valence-electron chi connectivity index (χ0n) is 72.1. The second-order valence-electron chi connectivity index (χ2n) is 32.4. The number of nitrogens with zero attached hydrogens (tertiary/aromatic N) is 2. The number of fused-ring (bicyclic) bond motifs is 2. The van der Waals surface area contributed by atoms with E-state index < -0.39 is 83.2 Å². The third-order valence-corrected chi connectivity index (χ3v) is 24.0. The molecule has 2 aliphatic heterocycles. The predicted molar refractivity (Wildman–Crippen MR) is 477 cm³/mol. The van der Waals surface area contributed by atoms with Crippen LogP contribution in [-0.4, -0.2) is 159 Å². The number of esters is 4. The number of rotatable bonds is 46. The van der Waals surface area contributed by atoms with Crippen molar-refractivity contribution in [3.05, 3.63) is 216 Å². The van der Waals surface area contributed by atoms with E-state index in [0.717, 1.165) is 133 Å². The Morgan fingerprint density at radius 3 is 0.905 bits per heavy atom. The molecule has 0 bridgehead atoms. The van der Waals surface area contributed by atoms with Crippen LogP contribution in [0.1, 0.15) is 188 Å². The summed E-state index contributed by atoms with van der Waals surface area (Å²) in [6, 6.07) is 32.5. The lowest BCUT2D eigenvalue weighted by Gasteiger charge is -2.38. The minimum Gasteiger partial charge on any atom is -0.463 e. The molecule has 126 heavy (non-hydrogen) atoms. The number of nitrogens with one attached hydrogen (secondary N) is 2. The molecule has 25 nitrogen and oxygen atoms in total. The number of hydrogen-bond donors (Lipinski definition) is 2. The summed E-state index contributed by atoms with van der Waals surface area (Å²) < 4.78 is 67.9. The number of imide groups is 2. The van der Waals surface area contributed by atoms with Gasteiger partial charge in [0.15, 0.2) is 0 Å². The van der Waals surface area contributed by atoms with Gasteiger partial charge in [0, 0.05) is 79.5 Å². The molecule has 0 radical (unpaired) electrons. The van der Waals surface area contributed by atoms with Gasteiger partial charge in [0.2, 0.25) is 11.8 Å². The van der Waals surface area contributed by atoms with Gasteiger partial charge in [0.25, 0.3) is 23.6 Å². The van der Waals surface area contributed by atoms with Crippen molar-refractivity contribution in [3.8, 4) is 46.0 Å². The summed E-state index contributed by atoms with van der Waals surface area (Å²) in [5, 5.41) is 8.20. The highest BCUT2D eigenvalue weighted by molar-refractivity contribution is 6.45. The van der Waals surface area contributed by atoms with Crippen molar-refractivity contribution < 1.29 is 100 Å². The Morgan fingerprint density at radius 2 is 0.627 bits per heavy atom. The van der Waals surface area contributed by atoms with Gasteiger partial charge in [-0.1, -0.05) is 154 Å². The maximum atomic E-state index is 16.7. The number of aryl methyl sites for hydroxylation is 1. The highest BCUT2D eigenvalue weighted by Crippen LogP contribution is 2.58. The van der Waals surface area contributed by atoms with Gasteiger partial charge in [-0.25, -0.2) is 19.2 Å². The number of ether oxygens (including phenoxy) is 11. The van der Waals surface area contributed by atoms with E-state index in [1.807, 2.05) is 88.4 Å². The molecule has 6 amide bonds. The smallest absolute Gasteiger partial charge is 0.330 e. The van der Waals surface area contributed by atoms with Crippen LogP contribution in [0.2, 0.25) is 0 Å². The van der Waals surface area contributed by atoms with Crippen molar-refractivity contribution in [2.45, 2.75) is 174 Å². The number of hydrogen-bond acceptors (Lipinski definition) is 21. The highest BCUT2D eigenvalue weighted by Gasteiger charge is 2.48. The molecule has 0 saturated heterocycles. The van der Waals surface area contributed by atoms with Gasteiger partial charge in [-0.3, -0.25) is 38.6 Å². The molecule has 4 unspecified atom stereocenters. The molecule has 2 saturated carbocycles. The number of benzene rings is 9. The van der Waals surface area contributed by atoms with Crippen LogP contribution in [0.25, 0.3) is 43.1 Å². The fourth-order valence-corrected chi connectivity index (χ4v) is 17.0. The van der Waals surface area contributed by atoms with Crippen molar-refractivity contribution in [1.29, 1.82) is 0 Å². The first-order chi connectivity index (χ1) is 61.2. The molecule has 2 N–H and O–H groups in total. The maximum Gasteiger partial charge on any atom is 0.330 e. The third-order valence-electron chi connectivity index (χ3n) is 24.0. The lowest BCUT2D eigenvalue weighted by atomic mass is 9.79. The Bertz CT molecular complexity index is 4890. The summed E-state index contributed by atoms with van der Waals surface area (Å²) in [5.41, 5.74) is 3.42. The number of carbonyl (C=O) groups excluding carboxylic acids is 10. The molecular weight excluding hydrogens is 1610 g/mol. The number of amides is 6. The topological polar surface area (TPSA) is 303 Å². The van der Waals surface area contributed by atoms with E-state index in [1.54, 1.807) is 60.7 Å². The van der Waals surface area contributed by atoms with E-state index in [9.17, 15) is 19.2 Å². The molecule has 2 aliphatic carbocycles. The third kappa shape index (κ3) is 21.5. The van der Waals surface area contributed by atoms with E-state index >= 15 is 28.8 Å². The van der Waals surface area contributed by atoms with Crippen LogP contribution in [0.5, 0.6) is 46.0 Å². The molecule has 0 spiro atoms. The largest absolute Gasteiger partial charge is 0.463 e. The van der Waals surface area contributed by atoms with Gasteiger partial charge in [-0.2, -0.15) is 0 Å². The molecule has 25 heteroatoms. The SMILES string of the molecule is C=CC(=O)OCCCCCc1ccc(Oc2cc3c4c(cc(Oc5ccc(CCOCCOC(=O)C=C)cc5)c5c6c(Oc7ccc(CCOCCOC(=O)C=C)cc7)cc7c8c(cc(Oc9ccc(CCOCCOC(=O)C=C)cc9)c(c2c45)c86)C(=O)N(C(C(=O)NC2CCCCC2)C(C)CC)C7=O)C(=O)N(C(C(=O)NC2CCCCC2)C(C)CC)C3=O)cc1. The van der Waals surface area contributed by atoms with Crippen LogP contribution in [0.15, 0.2) is 172 Å². The van der Waals surface area contributed by atoms with Crippen LogP contribution in [-0.2, 0) is 87.6 Å². The van der Waals surface area contributed by atoms with Crippen molar-refractivity contribution in [1.82, 2.24) is 20.4 Å². The van der Waals surface area contributed by atoms with Crippen molar-refractivity contribution in [2.24, 2.45) is 11.8 Å². The van der Waals surface area contributed by atoms with E-state index in [1.165, 1.54) is 0 Å². The molecule has 2 heterocycles. The molecular formula is C101H110N4O21. The minimum absolute atomic E-state index is 0.0111. The van der Waals surface area contributed by atoms with Gasteiger partial charge >= 0.3 is 23.9 Å². The Labute approximate surface area is 733 Å². The van der Waals surface area contributed by atoms with E-state index in [2.05, 4.69) is 36.9 Å². The molecule has 9 aromatic rings. The Kier molecular flexibility index (Phi) is 31.4. The average Bonchev–Trinajstić information content (AvgIpc) is 0.669. The zero-order chi connectivity index (χ0) is 88.9. The van der Waals surface area contributed by atoms with Crippen LogP contribution in [0.3, 0.4) is 0 Å².